The molecule has 4 heteroatoms. The van der Waals surface area contributed by atoms with Crippen molar-refractivity contribution in [2.24, 2.45) is 5.92 Å². The average Bonchev–Trinajstić information content (AvgIpc) is 2.46. The van der Waals surface area contributed by atoms with Crippen molar-refractivity contribution < 1.29 is 9.53 Å². The van der Waals surface area contributed by atoms with Gasteiger partial charge in [-0.25, -0.2) is 4.79 Å². The highest BCUT2D eigenvalue weighted by atomic mass is 16.6. The molecule has 98 valence electrons. The SMILES string of the molecule is CC(C)(C)OC(=O)N1CCC2CCNCCC21. The molecule has 0 saturated carbocycles. The molecule has 0 aromatic rings. The quantitative estimate of drug-likeness (QED) is 0.704. The summed E-state index contributed by atoms with van der Waals surface area (Å²) in [6.45, 7) is 8.74. The van der Waals surface area contributed by atoms with Crippen LogP contribution in [0.1, 0.15) is 40.0 Å². The maximum Gasteiger partial charge on any atom is 0.410 e. The standard InChI is InChI=1S/C13H24N2O2/c1-13(2,3)17-12(16)15-9-6-10-4-7-14-8-5-11(10)15/h10-11,14H,4-9H2,1-3H3. The lowest BCUT2D eigenvalue weighted by molar-refractivity contribution is 0.0204. The predicted molar refractivity (Wildman–Crippen MR) is 66.9 cm³/mol. The second-order valence-corrected chi connectivity index (χ2v) is 6.12. The fourth-order valence-electron chi connectivity index (χ4n) is 2.86. The number of nitrogens with one attached hydrogen (secondary N) is 1. The van der Waals surface area contributed by atoms with Crippen LogP contribution >= 0.6 is 0 Å². The molecule has 0 spiro atoms. The number of hydrogen-bond acceptors (Lipinski definition) is 3. The molecule has 17 heavy (non-hydrogen) atoms. The predicted octanol–water partition coefficient (Wildman–Crippen LogP) is 2.00. The van der Waals surface area contributed by atoms with E-state index in [1.807, 2.05) is 25.7 Å². The third-order valence-electron chi connectivity index (χ3n) is 3.62. The van der Waals surface area contributed by atoms with E-state index >= 15 is 0 Å². The number of amides is 1. The Hall–Kier alpha value is -0.770. The topological polar surface area (TPSA) is 41.6 Å². The van der Waals surface area contributed by atoms with Crippen LogP contribution in [0.25, 0.3) is 0 Å². The van der Waals surface area contributed by atoms with Crippen molar-refractivity contribution in [3.05, 3.63) is 0 Å². The monoisotopic (exact) mass is 240 g/mol. The number of fused-ring (bicyclic) bond motifs is 1. The van der Waals surface area contributed by atoms with Crippen LogP contribution in [0.5, 0.6) is 0 Å². The molecule has 2 atom stereocenters. The maximum absolute atomic E-state index is 12.1. The minimum atomic E-state index is -0.391. The lowest BCUT2D eigenvalue weighted by Gasteiger charge is -2.29. The minimum absolute atomic E-state index is 0.132. The van der Waals surface area contributed by atoms with E-state index < -0.39 is 5.60 Å². The van der Waals surface area contributed by atoms with Crippen LogP contribution in [-0.2, 0) is 4.74 Å². The number of rotatable bonds is 0. The molecule has 0 aliphatic carbocycles. The normalized spacial score (nSPS) is 29.7. The Morgan fingerprint density at radius 3 is 2.65 bits per heavy atom. The Balaban J connectivity index is 1.99. The highest BCUT2D eigenvalue weighted by molar-refractivity contribution is 5.69. The molecule has 0 aromatic carbocycles. The van der Waals surface area contributed by atoms with Crippen molar-refractivity contribution in [3.8, 4) is 0 Å². The lowest BCUT2D eigenvalue weighted by Crippen LogP contribution is -2.41. The second kappa shape index (κ2) is 4.84. The summed E-state index contributed by atoms with van der Waals surface area (Å²) >= 11 is 0. The second-order valence-electron chi connectivity index (χ2n) is 6.12. The Morgan fingerprint density at radius 1 is 1.24 bits per heavy atom. The van der Waals surface area contributed by atoms with Gasteiger partial charge in [0.05, 0.1) is 0 Å². The summed E-state index contributed by atoms with van der Waals surface area (Å²) in [5.74, 6) is 0.664. The fraction of sp³-hybridized carbons (Fsp3) is 0.923. The molecule has 0 bridgehead atoms. The molecule has 2 saturated heterocycles. The van der Waals surface area contributed by atoms with E-state index in [0.29, 0.717) is 12.0 Å². The number of ether oxygens (including phenoxy) is 1. The minimum Gasteiger partial charge on any atom is -0.444 e. The molecule has 1 N–H and O–H groups in total. The van der Waals surface area contributed by atoms with E-state index in [0.717, 1.165) is 32.5 Å². The summed E-state index contributed by atoms with van der Waals surface area (Å²) in [5.41, 5.74) is -0.391. The molecule has 2 aliphatic rings. The largest absolute Gasteiger partial charge is 0.444 e. The van der Waals surface area contributed by atoms with E-state index in [4.69, 9.17) is 4.74 Å². The van der Waals surface area contributed by atoms with Crippen molar-refractivity contribution in [2.75, 3.05) is 19.6 Å². The Labute approximate surface area is 104 Å². The van der Waals surface area contributed by atoms with Gasteiger partial charge in [0.2, 0.25) is 0 Å². The summed E-state index contributed by atoms with van der Waals surface area (Å²) in [4.78, 5) is 14.1. The van der Waals surface area contributed by atoms with Crippen LogP contribution in [0.2, 0.25) is 0 Å². The van der Waals surface area contributed by atoms with Crippen molar-refractivity contribution in [1.82, 2.24) is 10.2 Å². The first-order valence-electron chi connectivity index (χ1n) is 6.68. The van der Waals surface area contributed by atoms with Crippen molar-refractivity contribution in [3.63, 3.8) is 0 Å². The number of likely N-dealkylation sites (tertiary alicyclic amines) is 1. The van der Waals surface area contributed by atoms with Crippen LogP contribution in [0, 0.1) is 5.92 Å². The van der Waals surface area contributed by atoms with Crippen LogP contribution in [0.3, 0.4) is 0 Å². The van der Waals surface area contributed by atoms with Gasteiger partial charge < -0.3 is 15.0 Å². The molecular formula is C13H24N2O2. The number of nitrogens with zero attached hydrogens (tertiary/aromatic N) is 1. The molecule has 0 radical (unpaired) electrons. The third kappa shape index (κ3) is 3.12. The average molecular weight is 240 g/mol. The van der Waals surface area contributed by atoms with Gasteiger partial charge in [-0.05, 0) is 59.0 Å². The number of hydrogen-bond donors (Lipinski definition) is 1. The van der Waals surface area contributed by atoms with Crippen LogP contribution < -0.4 is 5.32 Å². The van der Waals surface area contributed by atoms with E-state index in [9.17, 15) is 4.79 Å². The van der Waals surface area contributed by atoms with Gasteiger partial charge in [0.1, 0.15) is 5.60 Å². The Kier molecular flexibility index (Phi) is 3.61. The molecule has 4 nitrogen and oxygen atoms in total. The molecule has 2 unspecified atom stereocenters. The summed E-state index contributed by atoms with van der Waals surface area (Å²) in [5, 5.41) is 3.40. The fourth-order valence-corrected chi connectivity index (χ4v) is 2.86. The smallest absolute Gasteiger partial charge is 0.410 e. The molecule has 0 aromatic heterocycles. The van der Waals surface area contributed by atoms with Crippen molar-refractivity contribution >= 4 is 6.09 Å². The van der Waals surface area contributed by atoms with Crippen molar-refractivity contribution in [2.45, 2.75) is 51.7 Å². The van der Waals surface area contributed by atoms with Gasteiger partial charge in [0.15, 0.2) is 0 Å². The zero-order valence-electron chi connectivity index (χ0n) is 11.2. The highest BCUT2D eigenvalue weighted by Crippen LogP contribution is 2.31. The van der Waals surface area contributed by atoms with Crippen LogP contribution in [0.15, 0.2) is 0 Å². The van der Waals surface area contributed by atoms with E-state index in [2.05, 4.69) is 5.32 Å². The molecule has 2 rings (SSSR count). The first kappa shape index (κ1) is 12.7. The van der Waals surface area contributed by atoms with Gasteiger partial charge in [-0.1, -0.05) is 0 Å². The highest BCUT2D eigenvalue weighted by Gasteiger charge is 2.38. The summed E-state index contributed by atoms with van der Waals surface area (Å²) in [6.07, 6.45) is 3.24. The zero-order valence-corrected chi connectivity index (χ0v) is 11.2. The van der Waals surface area contributed by atoms with E-state index in [1.165, 1.54) is 6.42 Å². The lowest BCUT2D eigenvalue weighted by atomic mass is 9.96. The van der Waals surface area contributed by atoms with E-state index in [1.54, 1.807) is 0 Å². The third-order valence-corrected chi connectivity index (χ3v) is 3.62. The molecular weight excluding hydrogens is 216 g/mol. The number of carbonyl (C=O) groups excluding carboxylic acids is 1. The Morgan fingerprint density at radius 2 is 1.94 bits per heavy atom. The molecule has 2 fully saturated rings. The maximum atomic E-state index is 12.1. The number of carbonyl (C=O) groups is 1. The van der Waals surface area contributed by atoms with Gasteiger partial charge in [-0.3, -0.25) is 0 Å². The zero-order chi connectivity index (χ0) is 12.5. The van der Waals surface area contributed by atoms with Gasteiger partial charge in [0.25, 0.3) is 0 Å². The first-order valence-corrected chi connectivity index (χ1v) is 6.68. The Bertz CT molecular complexity index is 286. The molecule has 2 aliphatic heterocycles. The summed E-state index contributed by atoms with van der Waals surface area (Å²) in [7, 11) is 0. The van der Waals surface area contributed by atoms with Gasteiger partial charge in [0, 0.05) is 12.6 Å². The summed E-state index contributed by atoms with van der Waals surface area (Å²) < 4.78 is 5.48. The molecule has 1 amide bonds. The van der Waals surface area contributed by atoms with Crippen LogP contribution in [-0.4, -0.2) is 42.3 Å². The van der Waals surface area contributed by atoms with E-state index in [-0.39, 0.29) is 6.09 Å². The van der Waals surface area contributed by atoms with Crippen molar-refractivity contribution in [1.29, 1.82) is 0 Å². The molecule has 2 heterocycles. The first-order chi connectivity index (χ1) is 7.97. The van der Waals surface area contributed by atoms with Gasteiger partial charge in [-0.15, -0.1) is 0 Å². The van der Waals surface area contributed by atoms with Crippen LogP contribution in [0.4, 0.5) is 4.79 Å². The summed E-state index contributed by atoms with van der Waals surface area (Å²) in [6, 6.07) is 0.389. The van der Waals surface area contributed by atoms with Gasteiger partial charge >= 0.3 is 6.09 Å². The van der Waals surface area contributed by atoms with Gasteiger partial charge in [-0.2, -0.15) is 0 Å².